The van der Waals surface area contributed by atoms with Gasteiger partial charge in [0.1, 0.15) is 6.61 Å². The van der Waals surface area contributed by atoms with Crippen molar-refractivity contribution in [2.75, 3.05) is 18.5 Å². The van der Waals surface area contributed by atoms with Crippen LogP contribution in [0, 0.1) is 0 Å². The summed E-state index contributed by atoms with van der Waals surface area (Å²) >= 11 is 0. The predicted molar refractivity (Wildman–Crippen MR) is 64.7 cm³/mol. The molecule has 1 aliphatic rings. The Labute approximate surface area is 104 Å². The first kappa shape index (κ1) is 12.2. The number of nitrogens with one attached hydrogen (secondary N) is 1. The van der Waals surface area contributed by atoms with E-state index >= 15 is 0 Å². The van der Waals surface area contributed by atoms with E-state index in [0.29, 0.717) is 12.3 Å². The van der Waals surface area contributed by atoms with Gasteiger partial charge >= 0.3 is 5.97 Å². The minimum absolute atomic E-state index is 0.0181. The van der Waals surface area contributed by atoms with Crippen LogP contribution in [0.4, 0.5) is 5.69 Å². The van der Waals surface area contributed by atoms with E-state index in [1.54, 1.807) is 31.2 Å². The fourth-order valence-corrected chi connectivity index (χ4v) is 1.61. The number of esters is 1. The van der Waals surface area contributed by atoms with Gasteiger partial charge in [-0.1, -0.05) is 18.2 Å². The molecule has 0 saturated carbocycles. The lowest BCUT2D eigenvalue weighted by molar-refractivity contribution is -0.137. The minimum atomic E-state index is -0.646. The van der Waals surface area contributed by atoms with Crippen molar-refractivity contribution in [1.82, 2.24) is 0 Å². The molecule has 94 valence electrons. The molecule has 0 saturated heterocycles. The van der Waals surface area contributed by atoms with Gasteiger partial charge in [-0.2, -0.15) is 0 Å². The molecule has 0 aliphatic carbocycles. The van der Waals surface area contributed by atoms with Crippen LogP contribution in [0.5, 0.6) is 0 Å². The number of rotatable bonds is 4. The number of hydrogen-bond acceptors (Lipinski definition) is 4. The molecule has 0 atom stereocenters. The van der Waals surface area contributed by atoms with Crippen LogP contribution < -0.4 is 5.32 Å². The van der Waals surface area contributed by atoms with E-state index in [2.05, 4.69) is 5.32 Å². The van der Waals surface area contributed by atoms with E-state index in [9.17, 15) is 9.59 Å². The van der Waals surface area contributed by atoms with Gasteiger partial charge in [0.2, 0.25) is 0 Å². The van der Waals surface area contributed by atoms with E-state index in [4.69, 9.17) is 9.47 Å². The molecule has 0 unspecified atom stereocenters. The maximum Gasteiger partial charge on any atom is 0.347 e. The Morgan fingerprint density at radius 2 is 2.11 bits per heavy atom. The van der Waals surface area contributed by atoms with Gasteiger partial charge in [0.25, 0.3) is 5.91 Å². The van der Waals surface area contributed by atoms with E-state index in [-0.39, 0.29) is 17.9 Å². The summed E-state index contributed by atoms with van der Waals surface area (Å²) < 4.78 is 10.0. The summed E-state index contributed by atoms with van der Waals surface area (Å²) in [6, 6.07) is 8.89. The number of hydrogen-bond donors (Lipinski definition) is 1. The van der Waals surface area contributed by atoms with Crippen molar-refractivity contribution in [2.24, 2.45) is 0 Å². The number of para-hydroxylation sites is 1. The van der Waals surface area contributed by atoms with Gasteiger partial charge in [0.05, 0.1) is 6.61 Å². The lowest BCUT2D eigenvalue weighted by Gasteiger charge is -2.06. The Kier molecular flexibility index (Phi) is 3.62. The second kappa shape index (κ2) is 5.35. The van der Waals surface area contributed by atoms with Crippen molar-refractivity contribution in [3.63, 3.8) is 0 Å². The number of anilines is 1. The summed E-state index contributed by atoms with van der Waals surface area (Å²) in [5.41, 5.74) is 0.561. The number of benzene rings is 1. The van der Waals surface area contributed by atoms with Gasteiger partial charge in [0, 0.05) is 5.69 Å². The van der Waals surface area contributed by atoms with Gasteiger partial charge in [0.15, 0.2) is 11.3 Å². The molecule has 0 spiro atoms. The van der Waals surface area contributed by atoms with Gasteiger partial charge < -0.3 is 14.8 Å². The fourth-order valence-electron chi connectivity index (χ4n) is 1.61. The van der Waals surface area contributed by atoms with Crippen molar-refractivity contribution in [1.29, 1.82) is 0 Å². The Morgan fingerprint density at radius 1 is 1.39 bits per heavy atom. The minimum Gasteiger partial charge on any atom is -0.493 e. The second-order valence-corrected chi connectivity index (χ2v) is 3.63. The summed E-state index contributed by atoms with van der Waals surface area (Å²) in [6.07, 6.45) is 0. The maximum absolute atomic E-state index is 12.0. The highest BCUT2D eigenvalue weighted by atomic mass is 16.6. The van der Waals surface area contributed by atoms with Crippen LogP contribution in [0.3, 0.4) is 0 Å². The zero-order valence-corrected chi connectivity index (χ0v) is 9.93. The molecule has 1 amide bonds. The monoisotopic (exact) mass is 247 g/mol. The molecule has 0 bridgehead atoms. The number of ether oxygens (including phenoxy) is 2. The standard InChI is InChI=1S/C13H13NO4/c1-2-17-10-8-18-13(16)11(10)12(15)14-9-6-4-3-5-7-9/h3-7H,2,8H2,1H3,(H,14,15). The molecular weight excluding hydrogens is 234 g/mol. The Bertz CT molecular complexity index is 493. The summed E-state index contributed by atoms with van der Waals surface area (Å²) in [4.78, 5) is 23.4. The summed E-state index contributed by atoms with van der Waals surface area (Å²) in [5.74, 6) is -0.866. The normalized spacial score (nSPS) is 14.4. The summed E-state index contributed by atoms with van der Waals surface area (Å²) in [6.45, 7) is 2.18. The number of carbonyl (C=O) groups is 2. The van der Waals surface area contributed by atoms with E-state index < -0.39 is 11.9 Å². The topological polar surface area (TPSA) is 64.6 Å². The van der Waals surface area contributed by atoms with Gasteiger partial charge in [-0.05, 0) is 19.1 Å². The van der Waals surface area contributed by atoms with Crippen LogP contribution in [0.1, 0.15) is 6.92 Å². The second-order valence-electron chi connectivity index (χ2n) is 3.63. The van der Waals surface area contributed by atoms with Crippen molar-refractivity contribution < 1.29 is 19.1 Å². The smallest absolute Gasteiger partial charge is 0.347 e. The van der Waals surface area contributed by atoms with Crippen LogP contribution in [0.15, 0.2) is 41.7 Å². The molecule has 1 aromatic rings. The number of cyclic esters (lactones) is 1. The Hall–Kier alpha value is -2.30. The van der Waals surface area contributed by atoms with E-state index in [1.165, 1.54) is 0 Å². The first-order valence-electron chi connectivity index (χ1n) is 5.62. The fraction of sp³-hybridized carbons (Fsp3) is 0.231. The molecule has 1 heterocycles. The molecule has 0 fully saturated rings. The molecule has 0 radical (unpaired) electrons. The Morgan fingerprint density at radius 3 is 2.78 bits per heavy atom. The average molecular weight is 247 g/mol. The zero-order valence-electron chi connectivity index (χ0n) is 9.93. The number of amides is 1. The highest BCUT2D eigenvalue weighted by Gasteiger charge is 2.32. The Balaban J connectivity index is 2.17. The highest BCUT2D eigenvalue weighted by Crippen LogP contribution is 2.19. The zero-order chi connectivity index (χ0) is 13.0. The van der Waals surface area contributed by atoms with Crippen LogP contribution in [0.25, 0.3) is 0 Å². The molecule has 1 N–H and O–H groups in total. The molecular formula is C13H13NO4. The maximum atomic E-state index is 12.0. The third-order valence-corrected chi connectivity index (χ3v) is 2.39. The van der Waals surface area contributed by atoms with Crippen LogP contribution in [-0.4, -0.2) is 25.1 Å². The van der Waals surface area contributed by atoms with Crippen molar-refractivity contribution in [2.45, 2.75) is 6.92 Å². The highest BCUT2D eigenvalue weighted by molar-refractivity contribution is 6.22. The molecule has 5 heteroatoms. The van der Waals surface area contributed by atoms with Crippen LogP contribution in [-0.2, 0) is 19.1 Å². The SMILES string of the molecule is CCOC1=C(C(=O)Nc2ccccc2)C(=O)OC1. The molecule has 1 aromatic carbocycles. The number of carbonyl (C=O) groups excluding carboxylic acids is 2. The molecule has 1 aliphatic heterocycles. The van der Waals surface area contributed by atoms with Gasteiger partial charge in [-0.3, -0.25) is 4.79 Å². The van der Waals surface area contributed by atoms with E-state index in [0.717, 1.165) is 0 Å². The van der Waals surface area contributed by atoms with Crippen LogP contribution in [0.2, 0.25) is 0 Å². The third kappa shape index (κ3) is 2.51. The van der Waals surface area contributed by atoms with Crippen LogP contribution >= 0.6 is 0 Å². The largest absolute Gasteiger partial charge is 0.493 e. The molecule has 18 heavy (non-hydrogen) atoms. The quantitative estimate of drug-likeness (QED) is 0.646. The third-order valence-electron chi connectivity index (χ3n) is 2.39. The van der Waals surface area contributed by atoms with Crippen molar-refractivity contribution >= 4 is 17.6 Å². The van der Waals surface area contributed by atoms with Gasteiger partial charge in [-0.15, -0.1) is 0 Å². The van der Waals surface area contributed by atoms with E-state index in [1.807, 2.05) is 6.07 Å². The summed E-state index contributed by atoms with van der Waals surface area (Å²) in [5, 5.41) is 2.63. The van der Waals surface area contributed by atoms with Gasteiger partial charge in [-0.25, -0.2) is 4.79 Å². The lowest BCUT2D eigenvalue weighted by Crippen LogP contribution is -2.19. The molecule has 5 nitrogen and oxygen atoms in total. The lowest BCUT2D eigenvalue weighted by atomic mass is 10.2. The average Bonchev–Trinajstić information content (AvgIpc) is 2.72. The molecule has 2 rings (SSSR count). The predicted octanol–water partition coefficient (Wildman–Crippen LogP) is 1.47. The first-order valence-corrected chi connectivity index (χ1v) is 5.62. The summed E-state index contributed by atoms with van der Waals surface area (Å²) in [7, 11) is 0. The molecule has 0 aromatic heterocycles. The first-order chi connectivity index (χ1) is 8.72. The van der Waals surface area contributed by atoms with Crippen molar-refractivity contribution in [3.05, 3.63) is 41.7 Å². The van der Waals surface area contributed by atoms with Crippen molar-refractivity contribution in [3.8, 4) is 0 Å².